The van der Waals surface area contributed by atoms with Crippen molar-refractivity contribution in [2.75, 3.05) is 0 Å². The zero-order chi connectivity index (χ0) is 14.7. The summed E-state index contributed by atoms with van der Waals surface area (Å²) in [7, 11) is 0. The molecule has 2 nitrogen and oxygen atoms in total. The summed E-state index contributed by atoms with van der Waals surface area (Å²) in [4.78, 5) is 11.4. The highest BCUT2D eigenvalue weighted by Gasteiger charge is 2.12. The molecule has 0 aliphatic carbocycles. The number of hydrogen-bond donors (Lipinski definition) is 0. The largest absolute Gasteiger partial charge is 0.426 e. The summed E-state index contributed by atoms with van der Waals surface area (Å²) in [6.45, 7) is 3.40. The van der Waals surface area contributed by atoms with Gasteiger partial charge in [0.15, 0.2) is 0 Å². The molecule has 2 aromatic rings. The number of carbonyl (C=O) groups is 1. The van der Waals surface area contributed by atoms with Crippen LogP contribution in [-0.4, -0.2) is 5.97 Å². The lowest BCUT2D eigenvalue weighted by Crippen LogP contribution is -2.14. The van der Waals surface area contributed by atoms with Gasteiger partial charge in [-0.2, -0.15) is 0 Å². The van der Waals surface area contributed by atoms with Crippen molar-refractivity contribution in [3.8, 4) is 16.9 Å². The summed E-state index contributed by atoms with van der Waals surface area (Å²) in [5, 5.41) is 0. The first-order valence-corrected chi connectivity index (χ1v) is 6.24. The molecule has 2 aromatic carbocycles. The molecule has 0 fully saturated rings. The maximum atomic E-state index is 14.0. The number of rotatable bonds is 3. The standard InChI is InChI=1S/C16H14F2O2/c1-10(2)16(19)20-13-7-8-14(15(18)9-13)11-3-5-12(17)6-4-11/h3-10H,1-2H3. The van der Waals surface area contributed by atoms with E-state index in [2.05, 4.69) is 0 Å². The Balaban J connectivity index is 2.26. The highest BCUT2D eigenvalue weighted by molar-refractivity contribution is 5.74. The predicted octanol–water partition coefficient (Wildman–Crippen LogP) is 4.19. The van der Waals surface area contributed by atoms with Gasteiger partial charge in [-0.25, -0.2) is 8.78 Å². The van der Waals surface area contributed by atoms with Crippen LogP contribution in [0.3, 0.4) is 0 Å². The topological polar surface area (TPSA) is 26.3 Å². The molecule has 4 heteroatoms. The van der Waals surface area contributed by atoms with Crippen LogP contribution in [0.1, 0.15) is 13.8 Å². The Morgan fingerprint density at radius 3 is 2.25 bits per heavy atom. The smallest absolute Gasteiger partial charge is 0.313 e. The Hall–Kier alpha value is -2.23. The Labute approximate surface area is 116 Å². The molecule has 0 aliphatic heterocycles. The second-order valence-corrected chi connectivity index (χ2v) is 4.72. The number of halogens is 2. The van der Waals surface area contributed by atoms with Crippen molar-refractivity contribution in [2.24, 2.45) is 5.92 Å². The van der Waals surface area contributed by atoms with Crippen molar-refractivity contribution in [1.29, 1.82) is 0 Å². The molecule has 2 rings (SSSR count). The molecular weight excluding hydrogens is 262 g/mol. The normalized spacial score (nSPS) is 10.7. The van der Waals surface area contributed by atoms with Gasteiger partial charge in [0.25, 0.3) is 0 Å². The number of ether oxygens (including phenoxy) is 1. The Morgan fingerprint density at radius 2 is 1.70 bits per heavy atom. The van der Waals surface area contributed by atoms with E-state index in [0.29, 0.717) is 11.1 Å². The van der Waals surface area contributed by atoms with Crippen LogP contribution in [0.4, 0.5) is 8.78 Å². The molecule has 0 spiro atoms. The maximum Gasteiger partial charge on any atom is 0.313 e. The second kappa shape index (κ2) is 5.82. The van der Waals surface area contributed by atoms with Crippen molar-refractivity contribution in [2.45, 2.75) is 13.8 Å². The molecule has 0 amide bonds. The van der Waals surface area contributed by atoms with Crippen LogP contribution >= 0.6 is 0 Å². The number of esters is 1. The van der Waals surface area contributed by atoms with Gasteiger partial charge in [-0.05, 0) is 29.8 Å². The molecule has 0 radical (unpaired) electrons. The Bertz CT molecular complexity index is 619. The average molecular weight is 276 g/mol. The minimum atomic E-state index is -0.523. The molecule has 104 valence electrons. The lowest BCUT2D eigenvalue weighted by Gasteiger charge is -2.09. The SMILES string of the molecule is CC(C)C(=O)Oc1ccc(-c2ccc(F)cc2)c(F)c1. The summed E-state index contributed by atoms with van der Waals surface area (Å²) < 4.78 is 31.9. The Kier molecular flexibility index (Phi) is 4.13. The molecular formula is C16H14F2O2. The van der Waals surface area contributed by atoms with Gasteiger partial charge in [0.2, 0.25) is 0 Å². The monoisotopic (exact) mass is 276 g/mol. The number of benzene rings is 2. The minimum absolute atomic E-state index is 0.159. The summed E-state index contributed by atoms with van der Waals surface area (Å²) >= 11 is 0. The predicted molar refractivity (Wildman–Crippen MR) is 72.3 cm³/mol. The van der Waals surface area contributed by atoms with Crippen LogP contribution in [0, 0.1) is 17.6 Å². The van der Waals surface area contributed by atoms with Crippen molar-refractivity contribution < 1.29 is 18.3 Å². The van der Waals surface area contributed by atoms with E-state index < -0.39 is 11.8 Å². The molecule has 0 bridgehead atoms. The van der Waals surface area contributed by atoms with Crippen molar-refractivity contribution in [1.82, 2.24) is 0 Å². The van der Waals surface area contributed by atoms with Gasteiger partial charge in [-0.3, -0.25) is 4.79 Å². The van der Waals surface area contributed by atoms with Crippen molar-refractivity contribution in [3.05, 3.63) is 54.1 Å². The molecule has 20 heavy (non-hydrogen) atoms. The third kappa shape index (κ3) is 3.20. The third-order valence-corrected chi connectivity index (χ3v) is 2.79. The number of carbonyl (C=O) groups excluding carboxylic acids is 1. The first-order chi connectivity index (χ1) is 9.47. The molecule has 0 atom stereocenters. The minimum Gasteiger partial charge on any atom is -0.426 e. The van der Waals surface area contributed by atoms with Crippen molar-refractivity contribution in [3.63, 3.8) is 0 Å². The summed E-state index contributed by atoms with van der Waals surface area (Å²) in [6.07, 6.45) is 0. The first kappa shape index (κ1) is 14.2. The van der Waals surface area contributed by atoms with Crippen LogP contribution in [0.25, 0.3) is 11.1 Å². The van der Waals surface area contributed by atoms with E-state index >= 15 is 0 Å². The lowest BCUT2D eigenvalue weighted by molar-refractivity contribution is -0.137. The zero-order valence-corrected chi connectivity index (χ0v) is 11.2. The fourth-order valence-corrected chi connectivity index (χ4v) is 1.66. The quantitative estimate of drug-likeness (QED) is 0.620. The van der Waals surface area contributed by atoms with E-state index in [0.717, 1.165) is 6.07 Å². The van der Waals surface area contributed by atoms with Gasteiger partial charge < -0.3 is 4.74 Å². The highest BCUT2D eigenvalue weighted by Crippen LogP contribution is 2.26. The van der Waals surface area contributed by atoms with Gasteiger partial charge >= 0.3 is 5.97 Å². The fraction of sp³-hybridized carbons (Fsp3) is 0.188. The molecule has 0 saturated carbocycles. The summed E-state index contributed by atoms with van der Waals surface area (Å²) in [6, 6.07) is 9.69. The first-order valence-electron chi connectivity index (χ1n) is 6.24. The van der Waals surface area contributed by atoms with E-state index in [-0.39, 0.29) is 17.5 Å². The van der Waals surface area contributed by atoms with E-state index in [9.17, 15) is 13.6 Å². The van der Waals surface area contributed by atoms with E-state index in [1.54, 1.807) is 13.8 Å². The Morgan fingerprint density at radius 1 is 1.05 bits per heavy atom. The van der Waals surface area contributed by atoms with Crippen LogP contribution in [0.2, 0.25) is 0 Å². The average Bonchev–Trinajstić information content (AvgIpc) is 2.40. The molecule has 0 unspecified atom stereocenters. The van der Waals surface area contributed by atoms with E-state index in [1.807, 2.05) is 0 Å². The van der Waals surface area contributed by atoms with Gasteiger partial charge in [0, 0.05) is 11.6 Å². The van der Waals surface area contributed by atoms with Gasteiger partial charge in [-0.15, -0.1) is 0 Å². The van der Waals surface area contributed by atoms with E-state index in [4.69, 9.17) is 4.74 Å². The molecule has 0 aromatic heterocycles. The summed E-state index contributed by atoms with van der Waals surface area (Å²) in [5.41, 5.74) is 0.889. The second-order valence-electron chi connectivity index (χ2n) is 4.72. The third-order valence-electron chi connectivity index (χ3n) is 2.79. The van der Waals surface area contributed by atoms with Crippen molar-refractivity contribution >= 4 is 5.97 Å². The molecule has 0 N–H and O–H groups in total. The van der Waals surface area contributed by atoms with Gasteiger partial charge in [0.1, 0.15) is 17.4 Å². The van der Waals surface area contributed by atoms with E-state index in [1.165, 1.54) is 36.4 Å². The van der Waals surface area contributed by atoms with Crippen LogP contribution in [0.15, 0.2) is 42.5 Å². The van der Waals surface area contributed by atoms with Crippen LogP contribution in [0.5, 0.6) is 5.75 Å². The molecule has 0 aliphatic rings. The number of hydrogen-bond acceptors (Lipinski definition) is 2. The highest BCUT2D eigenvalue weighted by atomic mass is 19.1. The maximum absolute atomic E-state index is 14.0. The summed E-state index contributed by atoms with van der Waals surface area (Å²) in [5.74, 6) is -1.44. The molecule has 0 heterocycles. The van der Waals surface area contributed by atoms with Crippen LogP contribution < -0.4 is 4.74 Å². The van der Waals surface area contributed by atoms with Gasteiger partial charge in [0.05, 0.1) is 5.92 Å². The molecule has 0 saturated heterocycles. The van der Waals surface area contributed by atoms with Gasteiger partial charge in [-0.1, -0.05) is 26.0 Å². The fourth-order valence-electron chi connectivity index (χ4n) is 1.66. The van der Waals surface area contributed by atoms with Crippen LogP contribution in [-0.2, 0) is 4.79 Å². The lowest BCUT2D eigenvalue weighted by atomic mass is 10.1. The zero-order valence-electron chi connectivity index (χ0n) is 11.2.